The number of aromatic nitrogens is 3. The first-order valence-corrected chi connectivity index (χ1v) is 18.1. The molecule has 0 aliphatic carbocycles. The molecule has 6 N–H and O–H groups in total. The minimum absolute atomic E-state index is 0.607. The van der Waals surface area contributed by atoms with Crippen LogP contribution in [0, 0.1) is 0 Å². The lowest BCUT2D eigenvalue weighted by Gasteiger charge is -2.15. The summed E-state index contributed by atoms with van der Waals surface area (Å²) in [6, 6.07) is 20.5. The van der Waals surface area contributed by atoms with E-state index in [1.165, 1.54) is 11.1 Å². The standard InChI is InChI=1S/C36H48Br2N8O2/c1-41-17-5-21-47-35-15-9-27(23-31(35)37)7-3-19-45(40)25-33(39)29-11-13-30(14-12-29)34-26-46(44-43-34)20-4-8-28-10-16-36(32(38)24-28)48-22-6-18-42-2/h9-16,23-26,41-42H,3-8,17-22,39-40H2,1-2H3/b33-25-. The van der Waals surface area contributed by atoms with E-state index < -0.39 is 0 Å². The summed E-state index contributed by atoms with van der Waals surface area (Å²) in [5, 5.41) is 16.6. The van der Waals surface area contributed by atoms with Gasteiger partial charge in [0.1, 0.15) is 17.2 Å². The van der Waals surface area contributed by atoms with Crippen LogP contribution in [0.1, 0.15) is 42.4 Å². The summed E-state index contributed by atoms with van der Waals surface area (Å²) in [6.45, 7) is 4.71. The summed E-state index contributed by atoms with van der Waals surface area (Å²) in [7, 11) is 3.89. The molecule has 4 rings (SSSR count). The van der Waals surface area contributed by atoms with Crippen LogP contribution in [0.15, 0.2) is 82.0 Å². The Labute approximate surface area is 301 Å². The van der Waals surface area contributed by atoms with E-state index in [-0.39, 0.29) is 0 Å². The van der Waals surface area contributed by atoms with Gasteiger partial charge in [0.2, 0.25) is 0 Å². The third-order valence-corrected chi connectivity index (χ3v) is 8.98. The third-order valence-electron chi connectivity index (χ3n) is 7.74. The normalized spacial score (nSPS) is 11.6. The smallest absolute Gasteiger partial charge is 0.133 e. The summed E-state index contributed by atoms with van der Waals surface area (Å²) in [5.41, 5.74) is 12.2. The lowest BCUT2D eigenvalue weighted by Crippen LogP contribution is -2.27. The van der Waals surface area contributed by atoms with Crippen molar-refractivity contribution in [1.82, 2.24) is 30.6 Å². The van der Waals surface area contributed by atoms with Gasteiger partial charge in [0.15, 0.2) is 0 Å². The van der Waals surface area contributed by atoms with Gasteiger partial charge < -0.3 is 30.8 Å². The van der Waals surface area contributed by atoms with Gasteiger partial charge in [0.05, 0.1) is 34.1 Å². The van der Waals surface area contributed by atoms with Crippen molar-refractivity contribution in [2.24, 2.45) is 11.6 Å². The summed E-state index contributed by atoms with van der Waals surface area (Å²) in [4.78, 5) is 0. The molecule has 0 spiro atoms. The molecule has 0 unspecified atom stereocenters. The molecule has 12 heteroatoms. The Morgan fingerprint density at radius 2 is 1.42 bits per heavy atom. The molecule has 258 valence electrons. The fraction of sp³-hybridized carbons (Fsp3) is 0.389. The second-order valence-electron chi connectivity index (χ2n) is 11.6. The van der Waals surface area contributed by atoms with Gasteiger partial charge in [-0.05, 0) is 139 Å². The number of nitrogens with two attached hydrogens (primary N) is 2. The van der Waals surface area contributed by atoms with Crippen molar-refractivity contribution in [3.8, 4) is 22.8 Å². The number of hydrazine groups is 1. The maximum Gasteiger partial charge on any atom is 0.133 e. The molecule has 1 heterocycles. The van der Waals surface area contributed by atoms with Crippen LogP contribution in [0.5, 0.6) is 11.5 Å². The first-order valence-electron chi connectivity index (χ1n) is 16.5. The number of rotatable bonds is 21. The van der Waals surface area contributed by atoms with Gasteiger partial charge in [-0.2, -0.15) is 0 Å². The van der Waals surface area contributed by atoms with E-state index in [9.17, 15) is 0 Å². The van der Waals surface area contributed by atoms with Crippen molar-refractivity contribution >= 4 is 37.6 Å². The molecule has 0 amide bonds. The van der Waals surface area contributed by atoms with Crippen LogP contribution in [-0.4, -0.2) is 66.9 Å². The minimum Gasteiger partial charge on any atom is -0.492 e. The molecule has 0 aliphatic heterocycles. The molecular weight excluding hydrogens is 736 g/mol. The molecular formula is C36H48Br2N8O2. The van der Waals surface area contributed by atoms with Crippen LogP contribution in [0.4, 0.5) is 0 Å². The number of benzene rings is 3. The maximum atomic E-state index is 6.39. The molecule has 4 aromatic rings. The number of hydrogen-bond donors (Lipinski definition) is 4. The van der Waals surface area contributed by atoms with Crippen LogP contribution in [0.3, 0.4) is 0 Å². The van der Waals surface area contributed by atoms with Gasteiger partial charge >= 0.3 is 0 Å². The highest BCUT2D eigenvalue weighted by atomic mass is 79.9. The Bertz CT molecular complexity index is 1580. The fourth-order valence-corrected chi connectivity index (χ4v) is 6.18. The number of hydrogen-bond acceptors (Lipinski definition) is 9. The van der Waals surface area contributed by atoms with E-state index in [4.69, 9.17) is 21.1 Å². The zero-order valence-corrected chi connectivity index (χ0v) is 31.1. The van der Waals surface area contributed by atoms with Crippen molar-refractivity contribution in [1.29, 1.82) is 0 Å². The highest BCUT2D eigenvalue weighted by Gasteiger charge is 2.08. The topological polar surface area (TPSA) is 129 Å². The summed E-state index contributed by atoms with van der Waals surface area (Å²) >= 11 is 7.27. The Hall–Kier alpha value is -3.42. The fourth-order valence-electron chi connectivity index (χ4n) is 5.10. The Kier molecular flexibility index (Phi) is 15.7. The zero-order valence-electron chi connectivity index (χ0n) is 27.9. The summed E-state index contributed by atoms with van der Waals surface area (Å²) < 4.78 is 15.6. The Balaban J connectivity index is 1.20. The zero-order chi connectivity index (χ0) is 34.1. The van der Waals surface area contributed by atoms with Crippen molar-refractivity contribution in [2.45, 2.75) is 45.1 Å². The highest BCUT2D eigenvalue weighted by molar-refractivity contribution is 9.10. The average Bonchev–Trinajstić information content (AvgIpc) is 3.55. The van der Waals surface area contributed by atoms with Crippen LogP contribution in [-0.2, 0) is 19.4 Å². The van der Waals surface area contributed by atoms with Crippen LogP contribution >= 0.6 is 31.9 Å². The second kappa shape index (κ2) is 20.2. The largest absolute Gasteiger partial charge is 0.492 e. The van der Waals surface area contributed by atoms with Crippen LogP contribution in [0.2, 0.25) is 0 Å². The monoisotopic (exact) mass is 782 g/mol. The molecule has 0 saturated heterocycles. The second-order valence-corrected chi connectivity index (χ2v) is 13.3. The van der Waals surface area contributed by atoms with Gasteiger partial charge in [-0.25, -0.2) is 5.84 Å². The van der Waals surface area contributed by atoms with Gasteiger partial charge in [-0.1, -0.05) is 41.6 Å². The predicted octanol–water partition coefficient (Wildman–Crippen LogP) is 6.15. The molecule has 0 atom stereocenters. The molecule has 0 bridgehead atoms. The predicted molar refractivity (Wildman–Crippen MR) is 202 cm³/mol. The number of ether oxygens (including phenoxy) is 2. The summed E-state index contributed by atoms with van der Waals surface area (Å²) in [5.74, 6) is 8.01. The maximum absolute atomic E-state index is 6.39. The molecule has 48 heavy (non-hydrogen) atoms. The van der Waals surface area contributed by atoms with Crippen LogP contribution in [0.25, 0.3) is 17.0 Å². The number of nitrogens with zero attached hydrogens (tertiary/aromatic N) is 4. The van der Waals surface area contributed by atoms with E-state index in [2.05, 4.69) is 77.1 Å². The molecule has 0 saturated carbocycles. The molecule has 10 nitrogen and oxygen atoms in total. The van der Waals surface area contributed by atoms with Gasteiger partial charge in [0.25, 0.3) is 0 Å². The lowest BCUT2D eigenvalue weighted by molar-refractivity contribution is 0.307. The van der Waals surface area contributed by atoms with Crippen molar-refractivity contribution < 1.29 is 9.47 Å². The molecule has 3 aromatic carbocycles. The Morgan fingerprint density at radius 1 is 0.833 bits per heavy atom. The number of halogens is 2. The third kappa shape index (κ3) is 12.2. The van der Waals surface area contributed by atoms with Gasteiger partial charge in [-0.15, -0.1) is 5.10 Å². The van der Waals surface area contributed by atoms with E-state index in [0.717, 1.165) is 95.4 Å². The molecule has 0 aliphatic rings. The van der Waals surface area contributed by atoms with E-state index >= 15 is 0 Å². The highest BCUT2D eigenvalue weighted by Crippen LogP contribution is 2.28. The first-order chi connectivity index (χ1) is 23.4. The first kappa shape index (κ1) is 37.4. The quantitative estimate of drug-likeness (QED) is 0.0448. The molecule has 0 radical (unpaired) electrons. The van der Waals surface area contributed by atoms with Gasteiger partial charge in [-0.3, -0.25) is 4.68 Å². The van der Waals surface area contributed by atoms with Crippen molar-refractivity contribution in [3.63, 3.8) is 0 Å². The minimum atomic E-state index is 0.607. The van der Waals surface area contributed by atoms with Gasteiger partial charge in [0, 0.05) is 24.9 Å². The molecule has 1 aromatic heterocycles. The molecule has 0 fully saturated rings. The number of aryl methyl sites for hydroxylation is 3. The van der Waals surface area contributed by atoms with E-state index in [0.29, 0.717) is 25.5 Å². The Morgan fingerprint density at radius 3 is 1.98 bits per heavy atom. The van der Waals surface area contributed by atoms with Crippen LogP contribution < -0.4 is 31.7 Å². The SMILES string of the molecule is CNCCCOc1ccc(CCCN(N)/C=C(\N)c2ccc(-c3cn(CCCc4ccc(OCCCNC)c(Br)c4)nn3)cc2)cc1Br. The summed E-state index contributed by atoms with van der Waals surface area (Å²) in [6.07, 6.45) is 9.37. The van der Waals surface area contributed by atoms with Crippen molar-refractivity contribution in [2.75, 3.05) is 46.9 Å². The van der Waals surface area contributed by atoms with E-state index in [1.807, 2.05) is 61.4 Å². The van der Waals surface area contributed by atoms with E-state index in [1.54, 1.807) is 11.2 Å². The average molecular weight is 785 g/mol. The lowest BCUT2D eigenvalue weighted by atomic mass is 10.1. The number of nitrogens with one attached hydrogen (secondary N) is 2. The van der Waals surface area contributed by atoms with Crippen molar-refractivity contribution in [3.05, 3.63) is 98.7 Å².